The molecule has 0 radical (unpaired) electrons. The Bertz CT molecular complexity index is 1200. The summed E-state index contributed by atoms with van der Waals surface area (Å²) in [6.07, 6.45) is -1.07. The monoisotopic (exact) mass is 465 g/mol. The topological polar surface area (TPSA) is 102 Å². The molecule has 170 valence electrons. The third-order valence-corrected chi connectivity index (χ3v) is 6.43. The van der Waals surface area contributed by atoms with Crippen molar-refractivity contribution in [1.82, 2.24) is 5.16 Å². The average Bonchev–Trinajstić information content (AvgIpc) is 3.13. The summed E-state index contributed by atoms with van der Waals surface area (Å²) in [5.41, 5.74) is 3.27. The molecule has 0 bridgehead atoms. The number of hydrogen-bond acceptors (Lipinski definition) is 7. The van der Waals surface area contributed by atoms with Crippen molar-refractivity contribution in [3.05, 3.63) is 71.1 Å². The lowest BCUT2D eigenvalue weighted by atomic mass is 10.1. The van der Waals surface area contributed by atoms with Gasteiger partial charge in [0.25, 0.3) is 5.91 Å². The molecule has 0 fully saturated rings. The molecule has 2 heterocycles. The van der Waals surface area contributed by atoms with E-state index in [1.54, 1.807) is 36.4 Å². The highest BCUT2D eigenvalue weighted by Crippen LogP contribution is 2.31. The van der Waals surface area contributed by atoms with Gasteiger partial charge in [0, 0.05) is 16.2 Å². The van der Waals surface area contributed by atoms with E-state index in [0.717, 1.165) is 21.9 Å². The van der Waals surface area contributed by atoms with Crippen molar-refractivity contribution < 1.29 is 23.6 Å². The summed E-state index contributed by atoms with van der Waals surface area (Å²) in [7, 11) is 0. The summed E-state index contributed by atoms with van der Waals surface area (Å²) < 4.78 is 10.7. The molecule has 9 heteroatoms. The number of nitrogens with zero attached hydrogens (tertiary/aromatic N) is 2. The van der Waals surface area contributed by atoms with E-state index in [2.05, 4.69) is 10.5 Å². The molecule has 3 aromatic rings. The quantitative estimate of drug-likeness (QED) is 0.432. The van der Waals surface area contributed by atoms with Crippen LogP contribution in [0.1, 0.15) is 34.3 Å². The molecular formula is C24H23N3O5S. The van der Waals surface area contributed by atoms with E-state index in [4.69, 9.17) is 9.26 Å². The second kappa shape index (κ2) is 9.50. The van der Waals surface area contributed by atoms with Gasteiger partial charge in [0.15, 0.2) is 6.10 Å². The maximum atomic E-state index is 13.1. The molecule has 33 heavy (non-hydrogen) atoms. The molecule has 0 aliphatic carbocycles. The minimum absolute atomic E-state index is 0.137. The van der Waals surface area contributed by atoms with Crippen LogP contribution in [0.5, 0.6) is 0 Å². The molecule has 2 amide bonds. The average molecular weight is 466 g/mol. The van der Waals surface area contributed by atoms with Gasteiger partial charge in [-0.1, -0.05) is 29.4 Å². The zero-order valence-corrected chi connectivity index (χ0v) is 19.3. The number of aromatic nitrogens is 1. The summed E-state index contributed by atoms with van der Waals surface area (Å²) in [4.78, 5) is 40.1. The van der Waals surface area contributed by atoms with Crippen LogP contribution in [0.3, 0.4) is 0 Å². The second-order valence-electron chi connectivity index (χ2n) is 7.62. The van der Waals surface area contributed by atoms with Gasteiger partial charge in [-0.3, -0.25) is 14.5 Å². The smallest absolute Gasteiger partial charge is 0.340 e. The highest BCUT2D eigenvalue weighted by molar-refractivity contribution is 7.98. The van der Waals surface area contributed by atoms with Crippen LogP contribution in [-0.4, -0.2) is 35.6 Å². The lowest BCUT2D eigenvalue weighted by Gasteiger charge is -2.30. The molecule has 1 aliphatic heterocycles. The Kier molecular flexibility index (Phi) is 6.50. The van der Waals surface area contributed by atoms with Crippen LogP contribution < -0.4 is 10.2 Å². The highest BCUT2D eigenvalue weighted by Gasteiger charge is 2.31. The number of carbonyl (C=O) groups excluding carboxylic acids is 3. The number of ether oxygens (including phenoxy) is 1. The first kappa shape index (κ1) is 22.6. The molecule has 1 atom stereocenters. The SMILES string of the molecule is Cc1noc(C)c1CSc1ccccc1C(=O)O[C@@H](C)C(=O)N1CC(=O)Nc2ccccc21. The van der Waals surface area contributed by atoms with E-state index >= 15 is 0 Å². The number of aryl methyl sites for hydroxylation is 2. The number of esters is 1. The minimum atomic E-state index is -1.07. The number of amides is 2. The number of hydrogen-bond donors (Lipinski definition) is 1. The van der Waals surface area contributed by atoms with Gasteiger partial charge in [-0.25, -0.2) is 4.79 Å². The molecule has 1 N–H and O–H groups in total. The highest BCUT2D eigenvalue weighted by atomic mass is 32.2. The van der Waals surface area contributed by atoms with Crippen molar-refractivity contribution in [2.75, 3.05) is 16.8 Å². The van der Waals surface area contributed by atoms with Crippen LogP contribution >= 0.6 is 11.8 Å². The van der Waals surface area contributed by atoms with E-state index in [-0.39, 0.29) is 12.5 Å². The Morgan fingerprint density at radius 1 is 1.18 bits per heavy atom. The van der Waals surface area contributed by atoms with Crippen LogP contribution in [0, 0.1) is 13.8 Å². The Morgan fingerprint density at radius 3 is 2.67 bits per heavy atom. The minimum Gasteiger partial charge on any atom is -0.449 e. The summed E-state index contributed by atoms with van der Waals surface area (Å²) in [6, 6.07) is 14.1. The van der Waals surface area contributed by atoms with Gasteiger partial charge in [-0.05, 0) is 45.0 Å². The predicted molar refractivity (Wildman–Crippen MR) is 124 cm³/mol. The van der Waals surface area contributed by atoms with Crippen LogP contribution in [0.25, 0.3) is 0 Å². The predicted octanol–water partition coefficient (Wildman–Crippen LogP) is 4.11. The van der Waals surface area contributed by atoms with Crippen molar-refractivity contribution in [2.45, 2.75) is 37.5 Å². The van der Waals surface area contributed by atoms with Gasteiger partial charge in [-0.2, -0.15) is 0 Å². The van der Waals surface area contributed by atoms with Gasteiger partial charge in [0.1, 0.15) is 12.3 Å². The molecule has 8 nitrogen and oxygen atoms in total. The number of thioether (sulfide) groups is 1. The maximum absolute atomic E-state index is 13.1. The second-order valence-corrected chi connectivity index (χ2v) is 8.64. The maximum Gasteiger partial charge on any atom is 0.340 e. The number of para-hydroxylation sites is 2. The number of carbonyl (C=O) groups is 3. The lowest BCUT2D eigenvalue weighted by Crippen LogP contribution is -2.47. The molecule has 0 spiro atoms. The Labute approximate surface area is 195 Å². The number of nitrogens with one attached hydrogen (secondary N) is 1. The zero-order valence-electron chi connectivity index (χ0n) is 18.5. The van der Waals surface area contributed by atoms with Crippen molar-refractivity contribution in [3.63, 3.8) is 0 Å². The number of anilines is 2. The van der Waals surface area contributed by atoms with E-state index in [0.29, 0.717) is 22.7 Å². The first-order valence-corrected chi connectivity index (χ1v) is 11.4. The summed E-state index contributed by atoms with van der Waals surface area (Å²) in [6.45, 7) is 5.10. The van der Waals surface area contributed by atoms with Crippen LogP contribution in [-0.2, 0) is 20.1 Å². The standard InChI is InChI=1S/C24H23N3O5S/c1-14-18(15(2)32-26-14)13-33-21-11-7-4-8-17(21)24(30)31-16(3)23(29)27-12-22(28)25-19-9-5-6-10-20(19)27/h4-11,16H,12-13H2,1-3H3,(H,25,28)/t16-/m0/s1. The summed E-state index contributed by atoms with van der Waals surface area (Å²) >= 11 is 1.47. The van der Waals surface area contributed by atoms with E-state index < -0.39 is 18.0 Å². The van der Waals surface area contributed by atoms with E-state index in [1.165, 1.54) is 23.6 Å². The normalized spacial score (nSPS) is 13.8. The van der Waals surface area contributed by atoms with Gasteiger partial charge < -0.3 is 14.6 Å². The van der Waals surface area contributed by atoms with Gasteiger partial charge in [-0.15, -0.1) is 11.8 Å². The number of rotatable bonds is 6. The van der Waals surface area contributed by atoms with Gasteiger partial charge in [0.05, 0.1) is 22.6 Å². The van der Waals surface area contributed by atoms with Crippen LogP contribution in [0.2, 0.25) is 0 Å². The molecule has 1 aromatic heterocycles. The zero-order chi connectivity index (χ0) is 23.5. The third kappa shape index (κ3) is 4.78. The molecule has 0 saturated heterocycles. The van der Waals surface area contributed by atoms with E-state index in [1.807, 2.05) is 26.0 Å². The van der Waals surface area contributed by atoms with Gasteiger partial charge in [0.2, 0.25) is 5.91 Å². The van der Waals surface area contributed by atoms with Crippen LogP contribution in [0.15, 0.2) is 57.9 Å². The molecule has 4 rings (SSSR count). The number of benzene rings is 2. The Hall–Kier alpha value is -3.59. The fourth-order valence-corrected chi connectivity index (χ4v) is 4.74. The number of fused-ring (bicyclic) bond motifs is 1. The summed E-state index contributed by atoms with van der Waals surface area (Å²) in [5.74, 6) is -0.0506. The molecular weight excluding hydrogens is 442 g/mol. The van der Waals surface area contributed by atoms with Crippen molar-refractivity contribution in [1.29, 1.82) is 0 Å². The molecule has 0 saturated carbocycles. The largest absolute Gasteiger partial charge is 0.449 e. The Balaban J connectivity index is 1.47. The van der Waals surface area contributed by atoms with Crippen LogP contribution in [0.4, 0.5) is 11.4 Å². The van der Waals surface area contributed by atoms with E-state index in [9.17, 15) is 14.4 Å². The van der Waals surface area contributed by atoms with Crippen molar-refractivity contribution in [3.8, 4) is 0 Å². The molecule has 0 unspecified atom stereocenters. The molecule has 1 aliphatic rings. The fourth-order valence-electron chi connectivity index (χ4n) is 3.54. The first-order chi connectivity index (χ1) is 15.8. The lowest BCUT2D eigenvalue weighted by molar-refractivity contribution is -0.128. The molecule has 2 aromatic carbocycles. The third-order valence-electron chi connectivity index (χ3n) is 5.33. The first-order valence-electron chi connectivity index (χ1n) is 10.4. The van der Waals surface area contributed by atoms with Crippen molar-refractivity contribution in [2.24, 2.45) is 0 Å². The summed E-state index contributed by atoms with van der Waals surface area (Å²) in [5, 5.41) is 6.70. The Morgan fingerprint density at radius 2 is 1.91 bits per heavy atom. The fraction of sp³-hybridized carbons (Fsp3) is 0.250. The van der Waals surface area contributed by atoms with Gasteiger partial charge >= 0.3 is 5.97 Å². The van der Waals surface area contributed by atoms with Crippen molar-refractivity contribution >= 4 is 40.9 Å².